The first-order valence-corrected chi connectivity index (χ1v) is 8.89. The van der Waals surface area contributed by atoms with Crippen molar-refractivity contribution in [1.82, 2.24) is 15.5 Å². The van der Waals surface area contributed by atoms with Gasteiger partial charge in [0.05, 0.1) is 0 Å². The van der Waals surface area contributed by atoms with E-state index in [1.54, 1.807) is 25.5 Å². The van der Waals surface area contributed by atoms with E-state index in [4.69, 9.17) is 4.74 Å². The van der Waals surface area contributed by atoms with E-state index in [2.05, 4.69) is 27.1 Å². The minimum Gasteiger partial charge on any atom is -0.385 e. The molecule has 2 N–H and O–H groups in total. The van der Waals surface area contributed by atoms with Gasteiger partial charge < -0.3 is 20.3 Å². The molecule has 0 aromatic carbocycles. The molecule has 1 aromatic rings. The van der Waals surface area contributed by atoms with E-state index in [0.717, 1.165) is 45.0 Å². The highest BCUT2D eigenvalue weighted by Gasteiger charge is 2.20. The lowest BCUT2D eigenvalue weighted by Gasteiger charge is -2.27. The molecule has 0 saturated carbocycles. The van der Waals surface area contributed by atoms with Crippen molar-refractivity contribution in [2.24, 2.45) is 4.99 Å². The normalized spacial score (nSPS) is 13.9. The minimum absolute atomic E-state index is 0. The summed E-state index contributed by atoms with van der Waals surface area (Å²) in [7, 11) is 3.43. The number of nitrogens with zero attached hydrogens (tertiary/aromatic N) is 2. The Morgan fingerprint density at radius 2 is 2.21 bits per heavy atom. The number of methoxy groups -OCH3 is 1. The maximum Gasteiger partial charge on any atom is 0.224 e. The molecule has 2 heterocycles. The maximum absolute atomic E-state index is 12.3. The van der Waals surface area contributed by atoms with Gasteiger partial charge in [0.25, 0.3) is 0 Å². The molecule has 6 nitrogen and oxygen atoms in total. The summed E-state index contributed by atoms with van der Waals surface area (Å²) in [5.74, 6) is 0.928. The number of ether oxygens (including phenoxy) is 1. The maximum atomic E-state index is 12.3. The molecule has 2 rings (SSSR count). The highest BCUT2D eigenvalue weighted by atomic mass is 127. The smallest absolute Gasteiger partial charge is 0.224 e. The van der Waals surface area contributed by atoms with Crippen LogP contribution in [0.25, 0.3) is 0 Å². The van der Waals surface area contributed by atoms with Crippen LogP contribution in [-0.4, -0.2) is 57.2 Å². The number of fused-ring (bicyclic) bond motifs is 1. The number of hydrogen-bond acceptors (Lipinski definition) is 4. The molecule has 0 bridgehead atoms. The third-order valence-corrected chi connectivity index (χ3v) is 4.86. The van der Waals surface area contributed by atoms with Crippen molar-refractivity contribution < 1.29 is 9.53 Å². The summed E-state index contributed by atoms with van der Waals surface area (Å²) < 4.78 is 5.01. The highest BCUT2D eigenvalue weighted by Crippen LogP contribution is 2.24. The predicted molar refractivity (Wildman–Crippen MR) is 109 cm³/mol. The summed E-state index contributed by atoms with van der Waals surface area (Å²) in [6.07, 6.45) is 2.39. The van der Waals surface area contributed by atoms with Crippen LogP contribution in [0.3, 0.4) is 0 Å². The predicted octanol–water partition coefficient (Wildman–Crippen LogP) is 1.84. The molecule has 0 unspecified atom stereocenters. The van der Waals surface area contributed by atoms with Crippen LogP contribution in [0.5, 0.6) is 0 Å². The molecule has 1 aromatic heterocycles. The average Bonchev–Trinajstić information content (AvgIpc) is 3.04. The zero-order valence-electron chi connectivity index (χ0n) is 14.3. The number of carbonyl (C=O) groups is 1. The van der Waals surface area contributed by atoms with Gasteiger partial charge in [-0.15, -0.1) is 35.3 Å². The fourth-order valence-corrected chi connectivity index (χ4v) is 3.44. The van der Waals surface area contributed by atoms with Crippen LogP contribution in [0, 0.1) is 0 Å². The zero-order chi connectivity index (χ0) is 16.5. The molecule has 1 aliphatic heterocycles. The summed E-state index contributed by atoms with van der Waals surface area (Å²) in [6.45, 7) is 3.70. The Morgan fingerprint density at radius 1 is 1.42 bits per heavy atom. The fourth-order valence-electron chi connectivity index (χ4n) is 2.55. The first-order valence-electron chi connectivity index (χ1n) is 8.01. The summed E-state index contributed by atoms with van der Waals surface area (Å²) in [4.78, 5) is 19.8. The summed E-state index contributed by atoms with van der Waals surface area (Å²) >= 11 is 1.79. The third kappa shape index (κ3) is 6.56. The molecular formula is C16H27IN4O2S. The van der Waals surface area contributed by atoms with Crippen molar-refractivity contribution >= 4 is 47.2 Å². The number of nitrogens with one attached hydrogen (secondary N) is 2. The number of carbonyl (C=O) groups excluding carboxylic acids is 1. The van der Waals surface area contributed by atoms with Crippen molar-refractivity contribution in [3.05, 3.63) is 21.9 Å². The summed E-state index contributed by atoms with van der Waals surface area (Å²) in [6, 6.07) is 2.13. The lowest BCUT2D eigenvalue weighted by atomic mass is 10.1. The van der Waals surface area contributed by atoms with Gasteiger partial charge in [-0.2, -0.15) is 0 Å². The Morgan fingerprint density at radius 3 is 2.96 bits per heavy atom. The number of rotatable bonds is 7. The third-order valence-electron chi connectivity index (χ3n) is 3.83. The second-order valence-corrected chi connectivity index (χ2v) is 6.46. The van der Waals surface area contributed by atoms with Gasteiger partial charge in [-0.25, -0.2) is 0 Å². The van der Waals surface area contributed by atoms with Gasteiger partial charge in [0, 0.05) is 58.2 Å². The molecule has 1 amide bonds. The monoisotopic (exact) mass is 466 g/mol. The minimum atomic E-state index is 0. The standard InChI is InChI=1S/C16H26N4O2S.HI/c1-17-16(18-7-3-10-22-2)19-8-4-15(21)20-9-5-14-13(12-20)6-11-23-14;/h6,11H,3-5,7-10,12H2,1-2H3,(H2,17,18,19);1H. The van der Waals surface area contributed by atoms with Crippen molar-refractivity contribution in [2.45, 2.75) is 25.8 Å². The molecule has 0 radical (unpaired) electrons. The van der Waals surface area contributed by atoms with E-state index in [1.807, 2.05) is 4.90 Å². The van der Waals surface area contributed by atoms with Crippen molar-refractivity contribution in [3.8, 4) is 0 Å². The van der Waals surface area contributed by atoms with Crippen molar-refractivity contribution in [2.75, 3.05) is 40.4 Å². The molecule has 8 heteroatoms. The van der Waals surface area contributed by atoms with E-state index < -0.39 is 0 Å². The number of hydrogen-bond donors (Lipinski definition) is 2. The van der Waals surface area contributed by atoms with Crippen LogP contribution in [0.15, 0.2) is 16.4 Å². The van der Waals surface area contributed by atoms with Crippen molar-refractivity contribution in [3.63, 3.8) is 0 Å². The van der Waals surface area contributed by atoms with E-state index in [9.17, 15) is 4.79 Å². The second kappa shape index (κ2) is 11.6. The van der Waals surface area contributed by atoms with Gasteiger partial charge in [0.15, 0.2) is 5.96 Å². The largest absolute Gasteiger partial charge is 0.385 e. The van der Waals surface area contributed by atoms with Crippen LogP contribution in [-0.2, 0) is 22.5 Å². The molecule has 24 heavy (non-hydrogen) atoms. The van der Waals surface area contributed by atoms with E-state index in [-0.39, 0.29) is 29.9 Å². The number of halogens is 1. The lowest BCUT2D eigenvalue weighted by molar-refractivity contribution is -0.131. The second-order valence-electron chi connectivity index (χ2n) is 5.46. The number of guanidine groups is 1. The molecular weight excluding hydrogens is 439 g/mol. The lowest BCUT2D eigenvalue weighted by Crippen LogP contribution is -2.41. The molecule has 1 aliphatic rings. The summed E-state index contributed by atoms with van der Waals surface area (Å²) in [5.41, 5.74) is 1.30. The Bertz CT molecular complexity index is 536. The number of amides is 1. The van der Waals surface area contributed by atoms with Crippen LogP contribution in [0.1, 0.15) is 23.3 Å². The van der Waals surface area contributed by atoms with Crippen LogP contribution < -0.4 is 10.6 Å². The van der Waals surface area contributed by atoms with Crippen molar-refractivity contribution in [1.29, 1.82) is 0 Å². The van der Waals surface area contributed by atoms with Gasteiger partial charge >= 0.3 is 0 Å². The van der Waals surface area contributed by atoms with E-state index in [0.29, 0.717) is 13.0 Å². The van der Waals surface area contributed by atoms with Gasteiger partial charge in [0.1, 0.15) is 0 Å². The van der Waals surface area contributed by atoms with E-state index >= 15 is 0 Å². The highest BCUT2D eigenvalue weighted by molar-refractivity contribution is 14.0. The van der Waals surface area contributed by atoms with Gasteiger partial charge in [-0.05, 0) is 29.9 Å². The number of aliphatic imine (C=N–C) groups is 1. The molecule has 0 aliphatic carbocycles. The summed E-state index contributed by atoms with van der Waals surface area (Å²) in [5, 5.41) is 8.50. The van der Waals surface area contributed by atoms with E-state index in [1.165, 1.54) is 10.4 Å². The SMILES string of the molecule is CN=C(NCCCOC)NCCC(=O)N1CCc2sccc2C1.I. The first-order chi connectivity index (χ1) is 11.2. The van der Waals surface area contributed by atoms with Gasteiger partial charge in [-0.1, -0.05) is 0 Å². The van der Waals surface area contributed by atoms with Crippen LogP contribution >= 0.6 is 35.3 Å². The molecule has 0 saturated heterocycles. The Kier molecular flexibility index (Phi) is 10.3. The van der Waals surface area contributed by atoms with Gasteiger partial charge in [-0.3, -0.25) is 9.79 Å². The Hall–Kier alpha value is -0.870. The zero-order valence-corrected chi connectivity index (χ0v) is 17.5. The van der Waals surface area contributed by atoms with Gasteiger partial charge in [0.2, 0.25) is 5.91 Å². The van der Waals surface area contributed by atoms with Crippen LogP contribution in [0.2, 0.25) is 0 Å². The molecule has 136 valence electrons. The molecule has 0 spiro atoms. The molecule has 0 fully saturated rings. The topological polar surface area (TPSA) is 66.0 Å². The van der Waals surface area contributed by atoms with Crippen LogP contribution in [0.4, 0.5) is 0 Å². The average molecular weight is 466 g/mol. The first kappa shape index (κ1) is 21.2. The Balaban J connectivity index is 0.00000288. The molecule has 0 atom stereocenters. The Labute approximate surface area is 165 Å². The fraction of sp³-hybridized carbons (Fsp3) is 0.625. The quantitative estimate of drug-likeness (QED) is 0.279. The number of thiophene rings is 1.